The van der Waals surface area contributed by atoms with Crippen molar-refractivity contribution >= 4 is 5.91 Å². The van der Waals surface area contributed by atoms with Crippen LogP contribution in [0.15, 0.2) is 53.1 Å². The van der Waals surface area contributed by atoms with Crippen molar-refractivity contribution < 1.29 is 13.7 Å². The number of nitrogens with one attached hydrogen (secondary N) is 1. The summed E-state index contributed by atoms with van der Waals surface area (Å²) in [5.41, 5.74) is 2.38. The molecule has 1 aromatic heterocycles. The van der Waals surface area contributed by atoms with Crippen molar-refractivity contribution in [3.63, 3.8) is 0 Å². The fourth-order valence-electron chi connectivity index (χ4n) is 2.18. The predicted molar refractivity (Wildman–Crippen MR) is 86.4 cm³/mol. The summed E-state index contributed by atoms with van der Waals surface area (Å²) in [5, 5.41) is 6.51. The summed E-state index contributed by atoms with van der Waals surface area (Å²) >= 11 is 0. The van der Waals surface area contributed by atoms with Crippen LogP contribution in [0.25, 0.3) is 11.4 Å². The molecule has 5 nitrogen and oxygen atoms in total. The number of nitrogens with zero attached hydrogens (tertiary/aromatic N) is 2. The zero-order valence-electron chi connectivity index (χ0n) is 13.1. The molecule has 0 unspecified atom stereocenters. The Balaban J connectivity index is 1.59. The molecule has 6 heteroatoms. The van der Waals surface area contributed by atoms with E-state index in [0.29, 0.717) is 11.4 Å². The van der Waals surface area contributed by atoms with Crippen molar-refractivity contribution in [3.05, 3.63) is 71.4 Å². The minimum absolute atomic E-state index is 0.0483. The van der Waals surface area contributed by atoms with Gasteiger partial charge in [0.15, 0.2) is 0 Å². The van der Waals surface area contributed by atoms with E-state index in [4.69, 9.17) is 4.52 Å². The molecule has 0 radical (unpaired) electrons. The summed E-state index contributed by atoms with van der Waals surface area (Å²) in [6.07, 6.45) is -0.0483. The first kappa shape index (κ1) is 15.9. The number of hydrogen-bond acceptors (Lipinski definition) is 4. The Morgan fingerprint density at radius 3 is 2.67 bits per heavy atom. The van der Waals surface area contributed by atoms with Crippen LogP contribution in [0.4, 0.5) is 4.39 Å². The second-order valence-electron chi connectivity index (χ2n) is 5.42. The third kappa shape index (κ3) is 3.84. The van der Waals surface area contributed by atoms with Gasteiger partial charge in [0.2, 0.25) is 17.6 Å². The van der Waals surface area contributed by atoms with Crippen molar-refractivity contribution in [3.8, 4) is 11.4 Å². The number of amides is 1. The van der Waals surface area contributed by atoms with E-state index < -0.39 is 0 Å². The highest BCUT2D eigenvalue weighted by Gasteiger charge is 2.13. The average Bonchev–Trinajstić information content (AvgIpc) is 3.03. The molecule has 122 valence electrons. The molecule has 0 spiro atoms. The van der Waals surface area contributed by atoms with Crippen LogP contribution in [0.5, 0.6) is 0 Å². The number of aryl methyl sites for hydroxylation is 1. The zero-order valence-corrected chi connectivity index (χ0v) is 13.1. The Hall–Kier alpha value is -3.02. The molecule has 0 saturated heterocycles. The first-order valence-electron chi connectivity index (χ1n) is 7.51. The van der Waals surface area contributed by atoms with Gasteiger partial charge in [0.1, 0.15) is 12.2 Å². The van der Waals surface area contributed by atoms with Gasteiger partial charge < -0.3 is 9.84 Å². The van der Waals surface area contributed by atoms with Gasteiger partial charge in [-0.3, -0.25) is 4.79 Å². The van der Waals surface area contributed by atoms with Crippen LogP contribution in [-0.4, -0.2) is 16.0 Å². The fraction of sp³-hybridized carbons (Fsp3) is 0.167. The van der Waals surface area contributed by atoms with Crippen LogP contribution in [0.3, 0.4) is 0 Å². The van der Waals surface area contributed by atoms with Crippen molar-refractivity contribution in [2.24, 2.45) is 0 Å². The predicted octanol–water partition coefficient (Wildman–Crippen LogP) is 3.04. The smallest absolute Gasteiger partial charge is 0.236 e. The van der Waals surface area contributed by atoms with Gasteiger partial charge in [-0.15, -0.1) is 0 Å². The number of halogens is 1. The molecule has 0 aliphatic heterocycles. The van der Waals surface area contributed by atoms with Gasteiger partial charge in [-0.25, -0.2) is 4.39 Å². The lowest BCUT2D eigenvalue weighted by molar-refractivity contribution is -0.120. The maximum Gasteiger partial charge on any atom is 0.236 e. The fourth-order valence-corrected chi connectivity index (χ4v) is 2.18. The average molecular weight is 325 g/mol. The summed E-state index contributed by atoms with van der Waals surface area (Å²) in [4.78, 5) is 16.1. The maximum absolute atomic E-state index is 13.5. The Labute approximate surface area is 138 Å². The third-order valence-corrected chi connectivity index (χ3v) is 3.52. The summed E-state index contributed by atoms with van der Waals surface area (Å²) < 4.78 is 18.6. The topological polar surface area (TPSA) is 68.0 Å². The highest BCUT2D eigenvalue weighted by Crippen LogP contribution is 2.16. The van der Waals surface area contributed by atoms with Crippen molar-refractivity contribution in [2.45, 2.75) is 19.9 Å². The minimum Gasteiger partial charge on any atom is -0.351 e. The standard InChI is InChI=1S/C18H16FN3O2/c1-12-6-8-13(9-7-12)18-21-17(24-22-18)10-16(23)20-11-14-4-2-3-5-15(14)19/h2-9H,10-11H2,1H3,(H,20,23). The largest absolute Gasteiger partial charge is 0.351 e. The molecule has 0 saturated carbocycles. The molecule has 1 amide bonds. The molecule has 0 atom stereocenters. The number of benzene rings is 2. The van der Waals surface area contributed by atoms with Crippen LogP contribution in [0.2, 0.25) is 0 Å². The van der Waals surface area contributed by atoms with Gasteiger partial charge in [0.25, 0.3) is 0 Å². The first-order chi connectivity index (χ1) is 11.6. The quantitative estimate of drug-likeness (QED) is 0.783. The molecule has 1 N–H and O–H groups in total. The molecule has 0 aliphatic carbocycles. The van der Waals surface area contributed by atoms with Crippen LogP contribution < -0.4 is 5.32 Å². The lowest BCUT2D eigenvalue weighted by Crippen LogP contribution is -2.25. The first-order valence-corrected chi connectivity index (χ1v) is 7.51. The molecule has 0 fully saturated rings. The number of hydrogen-bond donors (Lipinski definition) is 1. The maximum atomic E-state index is 13.5. The number of carbonyl (C=O) groups excluding carboxylic acids is 1. The van der Waals surface area contributed by atoms with Gasteiger partial charge in [-0.2, -0.15) is 4.98 Å². The van der Waals surface area contributed by atoms with Crippen LogP contribution in [0.1, 0.15) is 17.0 Å². The third-order valence-electron chi connectivity index (χ3n) is 3.52. The highest BCUT2D eigenvalue weighted by molar-refractivity contribution is 5.77. The van der Waals surface area contributed by atoms with Crippen LogP contribution in [-0.2, 0) is 17.8 Å². The van der Waals surface area contributed by atoms with E-state index in [0.717, 1.165) is 11.1 Å². The zero-order chi connectivity index (χ0) is 16.9. The van der Waals surface area contributed by atoms with E-state index in [1.165, 1.54) is 6.07 Å². The molecule has 2 aromatic carbocycles. The molecule has 3 rings (SSSR count). The Bertz CT molecular complexity index is 843. The summed E-state index contributed by atoms with van der Waals surface area (Å²) in [6, 6.07) is 14.0. The van der Waals surface area contributed by atoms with Crippen LogP contribution >= 0.6 is 0 Å². The van der Waals surface area contributed by atoms with E-state index in [-0.39, 0.29) is 30.6 Å². The van der Waals surface area contributed by atoms with Gasteiger partial charge in [-0.05, 0) is 13.0 Å². The second-order valence-corrected chi connectivity index (χ2v) is 5.42. The SMILES string of the molecule is Cc1ccc(-c2noc(CC(=O)NCc3ccccc3F)n2)cc1. The van der Waals surface area contributed by atoms with E-state index in [1.807, 2.05) is 31.2 Å². The van der Waals surface area contributed by atoms with Crippen molar-refractivity contribution in [2.75, 3.05) is 0 Å². The molecule has 1 heterocycles. The summed E-state index contributed by atoms with van der Waals surface area (Å²) in [5.74, 6) is -0.00174. The van der Waals surface area contributed by atoms with Crippen molar-refractivity contribution in [1.82, 2.24) is 15.5 Å². The Kier molecular flexibility index (Phi) is 4.65. The lowest BCUT2D eigenvalue weighted by atomic mass is 10.1. The number of aromatic nitrogens is 2. The van der Waals surface area contributed by atoms with E-state index in [9.17, 15) is 9.18 Å². The van der Waals surface area contributed by atoms with Crippen LogP contribution in [0, 0.1) is 12.7 Å². The number of carbonyl (C=O) groups is 1. The van der Waals surface area contributed by atoms with Gasteiger partial charge in [-0.1, -0.05) is 53.2 Å². The molecule has 0 bridgehead atoms. The second kappa shape index (κ2) is 7.04. The van der Waals surface area contributed by atoms with Gasteiger partial charge >= 0.3 is 0 Å². The number of rotatable bonds is 5. The van der Waals surface area contributed by atoms with E-state index >= 15 is 0 Å². The van der Waals surface area contributed by atoms with Crippen molar-refractivity contribution in [1.29, 1.82) is 0 Å². The molecule has 0 aliphatic rings. The highest BCUT2D eigenvalue weighted by atomic mass is 19.1. The lowest BCUT2D eigenvalue weighted by Gasteiger charge is -2.04. The molecule has 24 heavy (non-hydrogen) atoms. The Morgan fingerprint density at radius 2 is 1.92 bits per heavy atom. The normalized spacial score (nSPS) is 10.6. The summed E-state index contributed by atoms with van der Waals surface area (Å²) in [6.45, 7) is 2.11. The molecular weight excluding hydrogens is 309 g/mol. The molecule has 3 aromatic rings. The monoisotopic (exact) mass is 325 g/mol. The van der Waals surface area contributed by atoms with E-state index in [2.05, 4.69) is 15.5 Å². The Morgan fingerprint density at radius 1 is 1.17 bits per heavy atom. The van der Waals surface area contributed by atoms with Gasteiger partial charge in [0, 0.05) is 17.7 Å². The molecular formula is C18H16FN3O2. The minimum atomic E-state index is -0.350. The van der Waals surface area contributed by atoms with Gasteiger partial charge in [0.05, 0.1) is 0 Å². The van der Waals surface area contributed by atoms with E-state index in [1.54, 1.807) is 18.2 Å². The summed E-state index contributed by atoms with van der Waals surface area (Å²) in [7, 11) is 0.